The van der Waals surface area contributed by atoms with E-state index in [1.807, 2.05) is 6.07 Å². The fraction of sp³-hybridized carbons (Fsp3) is 0.300. The predicted molar refractivity (Wildman–Crippen MR) is 52.0 cm³/mol. The molecule has 0 amide bonds. The third kappa shape index (κ3) is 1.97. The second-order valence-corrected chi connectivity index (χ2v) is 3.26. The Bertz CT molecular complexity index is 363. The molecule has 1 unspecified atom stereocenters. The highest BCUT2D eigenvalue weighted by Crippen LogP contribution is 2.30. The van der Waals surface area contributed by atoms with Gasteiger partial charge in [-0.3, -0.25) is 0 Å². The Hall–Kier alpha value is -1.27. The molecule has 0 heterocycles. The van der Waals surface area contributed by atoms with Gasteiger partial charge in [0.1, 0.15) is 11.6 Å². The average molecular weight is 214 g/mol. The van der Waals surface area contributed by atoms with Crippen LogP contribution in [-0.4, -0.2) is 7.11 Å². The van der Waals surface area contributed by atoms with Gasteiger partial charge in [-0.15, -0.1) is 0 Å². The van der Waals surface area contributed by atoms with Gasteiger partial charge >= 0.3 is 0 Å². The number of hydrogen-bond donors (Lipinski definition) is 0. The molecule has 2 nitrogen and oxygen atoms in total. The summed E-state index contributed by atoms with van der Waals surface area (Å²) in [6.07, 6.45) is 0. The van der Waals surface area contributed by atoms with E-state index in [-0.39, 0.29) is 10.6 Å². The Morgan fingerprint density at radius 3 is 2.64 bits per heavy atom. The van der Waals surface area contributed by atoms with E-state index in [1.54, 1.807) is 6.92 Å². The normalized spacial score (nSPS) is 11.9. The minimum atomic E-state index is -0.562. The zero-order chi connectivity index (χ0) is 10.7. The molecule has 1 atom stereocenters. The molecule has 0 aliphatic carbocycles. The summed E-state index contributed by atoms with van der Waals surface area (Å²) in [6, 6.07) is 4.65. The van der Waals surface area contributed by atoms with Crippen LogP contribution in [0.5, 0.6) is 5.75 Å². The van der Waals surface area contributed by atoms with Crippen LogP contribution in [0.3, 0.4) is 0 Å². The second-order valence-electron chi connectivity index (χ2n) is 2.86. The molecule has 0 aliphatic rings. The molecule has 0 saturated carbocycles. The number of ether oxygens (including phenoxy) is 1. The van der Waals surface area contributed by atoms with Gasteiger partial charge in [-0.1, -0.05) is 11.6 Å². The van der Waals surface area contributed by atoms with E-state index >= 15 is 0 Å². The van der Waals surface area contributed by atoms with Crippen molar-refractivity contribution in [3.8, 4) is 11.8 Å². The van der Waals surface area contributed by atoms with Crippen LogP contribution < -0.4 is 4.74 Å². The van der Waals surface area contributed by atoms with Gasteiger partial charge in [-0.2, -0.15) is 5.26 Å². The van der Waals surface area contributed by atoms with Crippen molar-refractivity contribution < 1.29 is 9.13 Å². The van der Waals surface area contributed by atoms with E-state index in [1.165, 1.54) is 19.2 Å². The molecule has 0 fully saturated rings. The summed E-state index contributed by atoms with van der Waals surface area (Å²) < 4.78 is 18.3. The van der Waals surface area contributed by atoms with Crippen molar-refractivity contribution in [2.75, 3.05) is 7.11 Å². The molecule has 0 aromatic heterocycles. The molecule has 74 valence electrons. The first-order valence-electron chi connectivity index (χ1n) is 4.02. The second kappa shape index (κ2) is 4.30. The summed E-state index contributed by atoms with van der Waals surface area (Å²) in [5, 5.41) is 8.88. The van der Waals surface area contributed by atoms with E-state index in [0.29, 0.717) is 5.75 Å². The molecule has 1 rings (SSSR count). The summed E-state index contributed by atoms with van der Waals surface area (Å²) in [5.74, 6) is -0.724. The molecular weight excluding hydrogens is 205 g/mol. The number of methoxy groups -OCH3 is 1. The van der Waals surface area contributed by atoms with Crippen LogP contribution in [0.25, 0.3) is 0 Å². The van der Waals surface area contributed by atoms with Crippen LogP contribution in [0.1, 0.15) is 18.4 Å². The van der Waals surface area contributed by atoms with Gasteiger partial charge in [0.2, 0.25) is 0 Å². The summed E-state index contributed by atoms with van der Waals surface area (Å²) in [6.45, 7) is 1.59. The summed E-state index contributed by atoms with van der Waals surface area (Å²) in [7, 11) is 1.43. The molecule has 4 heteroatoms. The molecule has 14 heavy (non-hydrogen) atoms. The van der Waals surface area contributed by atoms with E-state index in [2.05, 4.69) is 0 Å². The van der Waals surface area contributed by atoms with E-state index in [0.717, 1.165) is 0 Å². The SMILES string of the molecule is COc1cc(F)c(C(C)C#N)c(Cl)c1. The lowest BCUT2D eigenvalue weighted by Crippen LogP contribution is -1.97. The number of rotatable bonds is 2. The van der Waals surface area contributed by atoms with Gasteiger partial charge in [-0.25, -0.2) is 4.39 Å². The Kier molecular flexibility index (Phi) is 3.32. The van der Waals surface area contributed by atoms with Crippen LogP contribution in [0, 0.1) is 17.1 Å². The summed E-state index contributed by atoms with van der Waals surface area (Å²) in [5.41, 5.74) is 0.218. The van der Waals surface area contributed by atoms with Crippen molar-refractivity contribution in [3.05, 3.63) is 28.5 Å². The van der Waals surface area contributed by atoms with E-state index < -0.39 is 11.7 Å². The van der Waals surface area contributed by atoms with Gasteiger partial charge < -0.3 is 4.74 Å². The standard InChI is InChI=1S/C10H9ClFNO/c1-6(5-13)10-8(11)3-7(14-2)4-9(10)12/h3-4,6H,1-2H3. The number of nitriles is 1. The first-order valence-corrected chi connectivity index (χ1v) is 4.40. The quantitative estimate of drug-likeness (QED) is 0.756. The Balaban J connectivity index is 3.26. The maximum atomic E-state index is 13.4. The zero-order valence-electron chi connectivity index (χ0n) is 7.84. The highest BCUT2D eigenvalue weighted by molar-refractivity contribution is 6.31. The van der Waals surface area contributed by atoms with Crippen molar-refractivity contribution in [2.45, 2.75) is 12.8 Å². The third-order valence-corrected chi connectivity index (χ3v) is 2.23. The van der Waals surface area contributed by atoms with Crippen LogP contribution >= 0.6 is 11.6 Å². The van der Waals surface area contributed by atoms with Gasteiger partial charge in [-0.05, 0) is 13.0 Å². The predicted octanol–water partition coefficient (Wildman–Crippen LogP) is 3.11. The van der Waals surface area contributed by atoms with Gasteiger partial charge in [0.25, 0.3) is 0 Å². The van der Waals surface area contributed by atoms with E-state index in [9.17, 15) is 4.39 Å². The Labute approximate surface area is 86.9 Å². The van der Waals surface area contributed by atoms with Crippen molar-refractivity contribution in [1.82, 2.24) is 0 Å². The number of benzene rings is 1. The topological polar surface area (TPSA) is 33.0 Å². The van der Waals surface area contributed by atoms with Crippen molar-refractivity contribution >= 4 is 11.6 Å². The molecule has 0 spiro atoms. The molecular formula is C10H9ClFNO. The van der Waals surface area contributed by atoms with Crippen LogP contribution in [0.4, 0.5) is 4.39 Å². The van der Waals surface area contributed by atoms with Gasteiger partial charge in [0, 0.05) is 11.6 Å². The molecule has 1 aromatic carbocycles. The lowest BCUT2D eigenvalue weighted by atomic mass is 10.0. The highest BCUT2D eigenvalue weighted by atomic mass is 35.5. The number of halogens is 2. The maximum Gasteiger partial charge on any atom is 0.132 e. The van der Waals surface area contributed by atoms with E-state index in [4.69, 9.17) is 21.6 Å². The molecule has 0 radical (unpaired) electrons. The average Bonchev–Trinajstić information content (AvgIpc) is 2.16. The highest BCUT2D eigenvalue weighted by Gasteiger charge is 2.15. The lowest BCUT2D eigenvalue weighted by Gasteiger charge is -2.09. The molecule has 0 aliphatic heterocycles. The minimum absolute atomic E-state index is 0.218. The van der Waals surface area contributed by atoms with Crippen molar-refractivity contribution in [3.63, 3.8) is 0 Å². The van der Waals surface area contributed by atoms with Gasteiger partial charge in [0.15, 0.2) is 0 Å². The first kappa shape index (κ1) is 10.8. The molecule has 0 saturated heterocycles. The van der Waals surface area contributed by atoms with Crippen molar-refractivity contribution in [2.24, 2.45) is 0 Å². The molecule has 0 N–H and O–H groups in total. The third-order valence-electron chi connectivity index (χ3n) is 1.91. The lowest BCUT2D eigenvalue weighted by molar-refractivity contribution is 0.410. The van der Waals surface area contributed by atoms with Gasteiger partial charge in [0.05, 0.1) is 24.1 Å². The van der Waals surface area contributed by atoms with Crippen LogP contribution in [0.2, 0.25) is 5.02 Å². The largest absolute Gasteiger partial charge is 0.497 e. The fourth-order valence-electron chi connectivity index (χ4n) is 1.16. The number of nitrogens with zero attached hydrogens (tertiary/aromatic N) is 1. The monoisotopic (exact) mass is 213 g/mol. The minimum Gasteiger partial charge on any atom is -0.497 e. The molecule has 0 bridgehead atoms. The van der Waals surface area contributed by atoms with Crippen molar-refractivity contribution in [1.29, 1.82) is 5.26 Å². The first-order chi connectivity index (χ1) is 6.60. The summed E-state index contributed by atoms with van der Waals surface area (Å²) >= 11 is 5.82. The van der Waals surface area contributed by atoms with Crippen LogP contribution in [-0.2, 0) is 0 Å². The molecule has 1 aromatic rings. The smallest absolute Gasteiger partial charge is 0.132 e. The Morgan fingerprint density at radius 1 is 1.57 bits per heavy atom. The van der Waals surface area contributed by atoms with Crippen LogP contribution in [0.15, 0.2) is 12.1 Å². The maximum absolute atomic E-state index is 13.4. The fourth-order valence-corrected chi connectivity index (χ4v) is 1.52. The Morgan fingerprint density at radius 2 is 2.21 bits per heavy atom. The summed E-state index contributed by atoms with van der Waals surface area (Å²) in [4.78, 5) is 0. The zero-order valence-corrected chi connectivity index (χ0v) is 8.60. The number of hydrogen-bond acceptors (Lipinski definition) is 2.